The highest BCUT2D eigenvalue weighted by Crippen LogP contribution is 2.03. The number of hydrogen-bond acceptors (Lipinski definition) is 2. The Bertz CT molecular complexity index is 263. The molecular weight excluding hydrogens is 128 g/mol. The molecule has 1 aromatic rings. The van der Waals surface area contributed by atoms with Gasteiger partial charge >= 0.3 is 0 Å². The largest absolute Gasteiger partial charge is 0.337 e. The van der Waals surface area contributed by atoms with Crippen molar-refractivity contribution < 1.29 is 4.79 Å². The van der Waals surface area contributed by atoms with Gasteiger partial charge in [-0.25, -0.2) is 4.98 Å². The first-order valence-electron chi connectivity index (χ1n) is 3.11. The van der Waals surface area contributed by atoms with E-state index < -0.39 is 0 Å². The molecule has 0 aliphatic heterocycles. The number of ketones is 1. The number of imidazole rings is 1. The van der Waals surface area contributed by atoms with Crippen molar-refractivity contribution in [1.82, 2.24) is 9.55 Å². The molecule has 0 atom stereocenters. The molecule has 0 amide bonds. The molecule has 3 nitrogen and oxygen atoms in total. The van der Waals surface area contributed by atoms with Gasteiger partial charge in [0, 0.05) is 19.7 Å². The summed E-state index contributed by atoms with van der Waals surface area (Å²) in [4.78, 5) is 14.7. The van der Waals surface area contributed by atoms with Crippen molar-refractivity contribution in [3.05, 3.63) is 17.7 Å². The van der Waals surface area contributed by atoms with Gasteiger partial charge < -0.3 is 4.57 Å². The fraction of sp³-hybridized carbons (Fsp3) is 0.429. The lowest BCUT2D eigenvalue weighted by Crippen LogP contribution is -1.97. The van der Waals surface area contributed by atoms with Crippen LogP contribution in [0.4, 0.5) is 0 Å². The van der Waals surface area contributed by atoms with Gasteiger partial charge in [0.15, 0.2) is 5.78 Å². The highest BCUT2D eigenvalue weighted by Gasteiger charge is 2.06. The first-order chi connectivity index (χ1) is 4.63. The Balaban J connectivity index is 3.17. The van der Waals surface area contributed by atoms with Crippen LogP contribution in [0.25, 0.3) is 0 Å². The second-order valence-electron chi connectivity index (χ2n) is 2.35. The van der Waals surface area contributed by atoms with Crippen LogP contribution in [0, 0.1) is 6.92 Å². The SMILES string of the molecule is CC(=O)c1ncn(C)c1C. The van der Waals surface area contributed by atoms with Gasteiger partial charge in [0.05, 0.1) is 6.33 Å². The summed E-state index contributed by atoms with van der Waals surface area (Å²) in [5.41, 5.74) is 1.50. The van der Waals surface area contributed by atoms with E-state index in [0.29, 0.717) is 5.69 Å². The van der Waals surface area contributed by atoms with Gasteiger partial charge in [0.1, 0.15) is 5.69 Å². The Morgan fingerprint density at radius 1 is 1.70 bits per heavy atom. The lowest BCUT2D eigenvalue weighted by Gasteiger charge is -1.93. The molecule has 0 N–H and O–H groups in total. The zero-order chi connectivity index (χ0) is 7.72. The predicted octanol–water partition coefficient (Wildman–Crippen LogP) is 0.931. The van der Waals surface area contributed by atoms with Crippen molar-refractivity contribution in [2.75, 3.05) is 0 Å². The van der Waals surface area contributed by atoms with Crippen LogP contribution in [0.1, 0.15) is 23.1 Å². The smallest absolute Gasteiger partial charge is 0.179 e. The Morgan fingerprint density at radius 2 is 2.30 bits per heavy atom. The molecule has 0 radical (unpaired) electrons. The van der Waals surface area contributed by atoms with E-state index in [1.54, 1.807) is 6.33 Å². The van der Waals surface area contributed by atoms with E-state index in [4.69, 9.17) is 0 Å². The zero-order valence-electron chi connectivity index (χ0n) is 6.38. The van der Waals surface area contributed by atoms with E-state index in [0.717, 1.165) is 5.69 Å². The second kappa shape index (κ2) is 2.25. The van der Waals surface area contributed by atoms with Crippen LogP contribution < -0.4 is 0 Å². The average Bonchev–Trinajstić information content (AvgIpc) is 2.14. The van der Waals surface area contributed by atoms with E-state index in [2.05, 4.69) is 4.98 Å². The maximum Gasteiger partial charge on any atom is 0.179 e. The van der Waals surface area contributed by atoms with Gasteiger partial charge in [-0.15, -0.1) is 0 Å². The average molecular weight is 138 g/mol. The van der Waals surface area contributed by atoms with Crippen LogP contribution in [0.15, 0.2) is 6.33 Å². The summed E-state index contributed by atoms with van der Waals surface area (Å²) in [7, 11) is 1.87. The molecule has 0 aromatic carbocycles. The minimum Gasteiger partial charge on any atom is -0.337 e. The van der Waals surface area contributed by atoms with Crippen molar-refractivity contribution in [3.8, 4) is 0 Å². The van der Waals surface area contributed by atoms with Crippen molar-refractivity contribution >= 4 is 5.78 Å². The molecule has 1 aromatic heterocycles. The van der Waals surface area contributed by atoms with E-state index in [1.807, 2.05) is 18.5 Å². The van der Waals surface area contributed by atoms with Crippen molar-refractivity contribution in [1.29, 1.82) is 0 Å². The summed E-state index contributed by atoms with van der Waals surface area (Å²) < 4.78 is 1.83. The third-order valence-electron chi connectivity index (χ3n) is 1.57. The minimum absolute atomic E-state index is 0.0260. The molecule has 10 heavy (non-hydrogen) atoms. The van der Waals surface area contributed by atoms with Gasteiger partial charge in [-0.05, 0) is 6.92 Å². The molecular formula is C7H10N2O. The predicted molar refractivity (Wildman–Crippen MR) is 37.9 cm³/mol. The number of Topliss-reactive ketones (excluding diaryl/α,β-unsaturated/α-hetero) is 1. The highest BCUT2D eigenvalue weighted by atomic mass is 16.1. The van der Waals surface area contributed by atoms with E-state index >= 15 is 0 Å². The Labute approximate surface area is 59.7 Å². The zero-order valence-corrected chi connectivity index (χ0v) is 6.38. The topological polar surface area (TPSA) is 34.9 Å². The van der Waals surface area contributed by atoms with Crippen LogP contribution in [-0.2, 0) is 7.05 Å². The molecule has 0 bridgehead atoms. The first kappa shape index (κ1) is 6.99. The molecule has 0 aliphatic rings. The quantitative estimate of drug-likeness (QED) is 0.541. The van der Waals surface area contributed by atoms with Gasteiger partial charge in [-0.3, -0.25) is 4.79 Å². The number of aryl methyl sites for hydroxylation is 1. The molecule has 54 valence electrons. The molecule has 0 aliphatic carbocycles. The summed E-state index contributed by atoms with van der Waals surface area (Å²) in [6.45, 7) is 3.40. The molecule has 0 saturated carbocycles. The molecule has 3 heteroatoms. The van der Waals surface area contributed by atoms with Crippen molar-refractivity contribution in [3.63, 3.8) is 0 Å². The van der Waals surface area contributed by atoms with Crippen molar-refractivity contribution in [2.45, 2.75) is 13.8 Å². The van der Waals surface area contributed by atoms with Gasteiger partial charge in [0.2, 0.25) is 0 Å². The van der Waals surface area contributed by atoms with Crippen LogP contribution in [-0.4, -0.2) is 15.3 Å². The lowest BCUT2D eigenvalue weighted by molar-refractivity contribution is 0.101. The molecule has 1 rings (SSSR count). The summed E-state index contributed by atoms with van der Waals surface area (Å²) >= 11 is 0. The van der Waals surface area contributed by atoms with E-state index in [9.17, 15) is 4.79 Å². The Morgan fingerprint density at radius 3 is 2.50 bits per heavy atom. The molecule has 1 heterocycles. The summed E-state index contributed by atoms with van der Waals surface area (Å²) in [6.07, 6.45) is 1.64. The van der Waals surface area contributed by atoms with E-state index in [-0.39, 0.29) is 5.78 Å². The third kappa shape index (κ3) is 0.943. The van der Waals surface area contributed by atoms with Crippen LogP contribution in [0.3, 0.4) is 0 Å². The maximum absolute atomic E-state index is 10.8. The minimum atomic E-state index is 0.0260. The number of rotatable bonds is 1. The number of carbonyl (C=O) groups excluding carboxylic acids is 1. The Kier molecular flexibility index (Phi) is 1.57. The summed E-state index contributed by atoms with van der Waals surface area (Å²) in [6, 6.07) is 0. The van der Waals surface area contributed by atoms with Crippen LogP contribution in [0.5, 0.6) is 0 Å². The molecule has 0 spiro atoms. The van der Waals surface area contributed by atoms with Gasteiger partial charge in [0.25, 0.3) is 0 Å². The fourth-order valence-electron chi connectivity index (χ4n) is 0.837. The normalized spacial score (nSPS) is 9.90. The number of aromatic nitrogens is 2. The highest BCUT2D eigenvalue weighted by molar-refractivity contribution is 5.93. The van der Waals surface area contributed by atoms with Crippen molar-refractivity contribution in [2.24, 2.45) is 7.05 Å². The summed E-state index contributed by atoms with van der Waals surface area (Å²) in [5.74, 6) is 0.0260. The number of nitrogens with zero attached hydrogens (tertiary/aromatic N) is 2. The lowest BCUT2D eigenvalue weighted by atomic mass is 10.3. The Hall–Kier alpha value is -1.12. The van der Waals surface area contributed by atoms with Gasteiger partial charge in [-0.1, -0.05) is 0 Å². The van der Waals surface area contributed by atoms with E-state index in [1.165, 1.54) is 6.92 Å². The summed E-state index contributed by atoms with van der Waals surface area (Å²) in [5, 5.41) is 0. The van der Waals surface area contributed by atoms with Gasteiger partial charge in [-0.2, -0.15) is 0 Å². The fourth-order valence-corrected chi connectivity index (χ4v) is 0.837. The van der Waals surface area contributed by atoms with Crippen LogP contribution >= 0.6 is 0 Å². The number of carbonyl (C=O) groups is 1. The number of hydrogen-bond donors (Lipinski definition) is 0. The standard InChI is InChI=1S/C7H10N2O/c1-5-7(6(2)10)8-4-9(5)3/h4H,1-3H3. The third-order valence-corrected chi connectivity index (χ3v) is 1.57. The molecule has 0 unspecified atom stereocenters. The molecule has 0 fully saturated rings. The second-order valence-corrected chi connectivity index (χ2v) is 2.35. The first-order valence-corrected chi connectivity index (χ1v) is 3.11. The van der Waals surface area contributed by atoms with Crippen LogP contribution in [0.2, 0.25) is 0 Å². The monoisotopic (exact) mass is 138 g/mol. The molecule has 0 saturated heterocycles. The maximum atomic E-state index is 10.8.